The lowest BCUT2D eigenvalue weighted by Crippen LogP contribution is -2.27. The van der Waals surface area contributed by atoms with Gasteiger partial charge in [-0.25, -0.2) is 4.39 Å². The molecule has 2 aromatic carbocycles. The summed E-state index contributed by atoms with van der Waals surface area (Å²) in [7, 11) is 0. The maximum absolute atomic E-state index is 13.4. The van der Waals surface area contributed by atoms with Gasteiger partial charge in [-0.05, 0) is 42.0 Å². The lowest BCUT2D eigenvalue weighted by molar-refractivity contribution is -0.120. The Balaban J connectivity index is 1.72. The number of aromatic amines is 1. The number of amides is 2. The van der Waals surface area contributed by atoms with Gasteiger partial charge in [-0.2, -0.15) is 0 Å². The third-order valence-corrected chi connectivity index (χ3v) is 4.06. The lowest BCUT2D eigenvalue weighted by atomic mass is 10.1. The number of carbonyl (C=O) groups is 2. The summed E-state index contributed by atoms with van der Waals surface area (Å²) in [5.74, 6) is -1.31. The first kappa shape index (κ1) is 19.2. The van der Waals surface area contributed by atoms with Crippen molar-refractivity contribution in [1.29, 1.82) is 0 Å². The van der Waals surface area contributed by atoms with E-state index in [4.69, 9.17) is 5.11 Å². The highest BCUT2D eigenvalue weighted by molar-refractivity contribution is 6.05. The van der Waals surface area contributed by atoms with Crippen LogP contribution >= 0.6 is 0 Å². The van der Waals surface area contributed by atoms with E-state index in [0.29, 0.717) is 16.6 Å². The Morgan fingerprint density at radius 3 is 2.54 bits per heavy atom. The van der Waals surface area contributed by atoms with Crippen molar-refractivity contribution >= 4 is 28.4 Å². The van der Waals surface area contributed by atoms with E-state index in [2.05, 4.69) is 15.6 Å². The molecule has 3 aromatic rings. The van der Waals surface area contributed by atoms with E-state index in [1.54, 1.807) is 24.3 Å². The molecule has 0 saturated heterocycles. The fourth-order valence-electron chi connectivity index (χ4n) is 2.69. The second-order valence-corrected chi connectivity index (χ2v) is 6.15. The normalized spacial score (nSPS) is 10.6. The number of benzene rings is 2. The number of fused-ring (bicyclic) bond motifs is 1. The average Bonchev–Trinajstić information content (AvgIpc) is 2.67. The minimum Gasteiger partial charge on any atom is -0.395 e. The van der Waals surface area contributed by atoms with Crippen LogP contribution in [-0.4, -0.2) is 35.1 Å². The zero-order valence-electron chi connectivity index (χ0n) is 14.8. The molecule has 0 saturated carbocycles. The number of carbonyl (C=O) groups excluding carboxylic acids is 2. The smallest absolute Gasteiger partial charge is 0.261 e. The van der Waals surface area contributed by atoms with Gasteiger partial charge >= 0.3 is 0 Å². The average molecular weight is 383 g/mol. The van der Waals surface area contributed by atoms with Gasteiger partial charge in [0.15, 0.2) is 0 Å². The van der Waals surface area contributed by atoms with Crippen molar-refractivity contribution in [3.8, 4) is 0 Å². The third-order valence-electron chi connectivity index (χ3n) is 4.06. The minimum absolute atomic E-state index is 0.128. The Morgan fingerprint density at radius 1 is 1.07 bits per heavy atom. The molecule has 3 rings (SSSR count). The molecule has 144 valence electrons. The van der Waals surface area contributed by atoms with Crippen LogP contribution in [0.15, 0.2) is 53.3 Å². The molecule has 1 aromatic heterocycles. The Bertz CT molecular complexity index is 1080. The van der Waals surface area contributed by atoms with E-state index >= 15 is 0 Å². The molecule has 0 radical (unpaired) electrons. The summed E-state index contributed by atoms with van der Waals surface area (Å²) in [5.41, 5.74) is 0.904. The predicted octanol–water partition coefficient (Wildman–Crippen LogP) is 1.57. The molecule has 8 heteroatoms. The van der Waals surface area contributed by atoms with Crippen molar-refractivity contribution < 1.29 is 19.1 Å². The first-order chi connectivity index (χ1) is 13.5. The van der Waals surface area contributed by atoms with Crippen molar-refractivity contribution in [2.45, 2.75) is 6.42 Å². The molecule has 0 aliphatic carbocycles. The molecule has 0 spiro atoms. The van der Waals surface area contributed by atoms with Crippen LogP contribution in [0.2, 0.25) is 0 Å². The molecule has 0 fully saturated rings. The van der Waals surface area contributed by atoms with Crippen molar-refractivity contribution in [3.05, 3.63) is 75.8 Å². The van der Waals surface area contributed by atoms with Crippen molar-refractivity contribution in [2.24, 2.45) is 0 Å². The fourth-order valence-corrected chi connectivity index (χ4v) is 2.69. The number of pyridine rings is 1. The number of hydrogen-bond acceptors (Lipinski definition) is 4. The Labute approximate surface area is 159 Å². The van der Waals surface area contributed by atoms with Crippen LogP contribution in [0.1, 0.15) is 15.9 Å². The topological polar surface area (TPSA) is 111 Å². The molecule has 0 bridgehead atoms. The van der Waals surface area contributed by atoms with Gasteiger partial charge in [0.25, 0.3) is 11.5 Å². The highest BCUT2D eigenvalue weighted by Crippen LogP contribution is 2.15. The van der Waals surface area contributed by atoms with Gasteiger partial charge in [-0.3, -0.25) is 14.4 Å². The second kappa shape index (κ2) is 8.45. The lowest BCUT2D eigenvalue weighted by Gasteiger charge is -2.08. The van der Waals surface area contributed by atoms with Gasteiger partial charge in [0.2, 0.25) is 5.91 Å². The maximum Gasteiger partial charge on any atom is 0.261 e. The molecular formula is C20H18FN3O4. The van der Waals surface area contributed by atoms with Gasteiger partial charge in [-0.15, -0.1) is 0 Å². The van der Waals surface area contributed by atoms with Gasteiger partial charge in [-0.1, -0.05) is 12.1 Å². The third kappa shape index (κ3) is 4.60. The van der Waals surface area contributed by atoms with E-state index in [1.165, 1.54) is 24.3 Å². The summed E-state index contributed by atoms with van der Waals surface area (Å²) < 4.78 is 13.4. The van der Waals surface area contributed by atoms with Crippen LogP contribution in [0.25, 0.3) is 10.9 Å². The molecule has 2 amide bonds. The van der Waals surface area contributed by atoms with Crippen LogP contribution in [0.3, 0.4) is 0 Å². The largest absolute Gasteiger partial charge is 0.395 e. The van der Waals surface area contributed by atoms with Gasteiger partial charge in [0, 0.05) is 23.1 Å². The van der Waals surface area contributed by atoms with Crippen LogP contribution in [0, 0.1) is 5.82 Å². The quantitative estimate of drug-likeness (QED) is 0.518. The summed E-state index contributed by atoms with van der Waals surface area (Å²) in [6.45, 7) is 0.0639. The number of rotatable bonds is 6. The Kier molecular flexibility index (Phi) is 5.81. The molecule has 28 heavy (non-hydrogen) atoms. The standard InChI is InChI=1S/C20H18FN3O4/c21-14-3-6-17-13(10-14)11-16(20(28)24-17)19(27)23-15-4-1-12(2-5-15)9-18(26)22-7-8-25/h1-6,10-11,25H,7-9H2,(H,22,26)(H,23,27)(H,24,28). The summed E-state index contributed by atoms with van der Waals surface area (Å²) >= 11 is 0. The molecule has 0 aliphatic rings. The Hall–Kier alpha value is -3.52. The zero-order chi connectivity index (χ0) is 20.1. The van der Waals surface area contributed by atoms with Crippen molar-refractivity contribution in [2.75, 3.05) is 18.5 Å². The van der Waals surface area contributed by atoms with Crippen molar-refractivity contribution in [3.63, 3.8) is 0 Å². The highest BCUT2D eigenvalue weighted by Gasteiger charge is 2.13. The van der Waals surface area contributed by atoms with E-state index in [0.717, 1.165) is 5.56 Å². The number of aromatic nitrogens is 1. The van der Waals surface area contributed by atoms with E-state index in [9.17, 15) is 18.8 Å². The highest BCUT2D eigenvalue weighted by atomic mass is 19.1. The molecule has 1 heterocycles. The number of anilines is 1. The SMILES string of the molecule is O=C(Cc1ccc(NC(=O)c2cc3cc(F)ccc3[nH]c2=O)cc1)NCCO. The van der Waals surface area contributed by atoms with Gasteiger partial charge in [0.05, 0.1) is 13.0 Å². The van der Waals surface area contributed by atoms with Crippen LogP contribution in [-0.2, 0) is 11.2 Å². The van der Waals surface area contributed by atoms with E-state index in [1.807, 2.05) is 0 Å². The molecule has 7 nitrogen and oxygen atoms in total. The number of aliphatic hydroxyl groups excluding tert-OH is 1. The summed E-state index contributed by atoms with van der Waals surface area (Å²) in [6.07, 6.45) is 0.143. The molecule has 4 N–H and O–H groups in total. The van der Waals surface area contributed by atoms with Gasteiger partial charge < -0.3 is 20.7 Å². The molecule has 0 unspecified atom stereocenters. The summed E-state index contributed by atoms with van der Waals surface area (Å²) in [6, 6.07) is 11.8. The Morgan fingerprint density at radius 2 is 1.82 bits per heavy atom. The molecular weight excluding hydrogens is 365 g/mol. The van der Waals surface area contributed by atoms with Gasteiger partial charge in [0.1, 0.15) is 11.4 Å². The molecule has 0 atom stereocenters. The van der Waals surface area contributed by atoms with Crippen LogP contribution in [0.4, 0.5) is 10.1 Å². The van der Waals surface area contributed by atoms with Crippen LogP contribution in [0.5, 0.6) is 0 Å². The van der Waals surface area contributed by atoms with E-state index < -0.39 is 17.3 Å². The first-order valence-electron chi connectivity index (χ1n) is 8.56. The molecule has 0 aliphatic heterocycles. The maximum atomic E-state index is 13.4. The second-order valence-electron chi connectivity index (χ2n) is 6.15. The summed E-state index contributed by atoms with van der Waals surface area (Å²) in [4.78, 5) is 38.8. The number of aliphatic hydroxyl groups is 1. The number of halogens is 1. The van der Waals surface area contributed by atoms with Crippen molar-refractivity contribution in [1.82, 2.24) is 10.3 Å². The zero-order valence-corrected chi connectivity index (χ0v) is 14.8. The number of hydrogen-bond donors (Lipinski definition) is 4. The monoisotopic (exact) mass is 383 g/mol. The van der Waals surface area contributed by atoms with Crippen LogP contribution < -0.4 is 16.2 Å². The minimum atomic E-state index is -0.624. The number of H-pyrrole nitrogens is 1. The fraction of sp³-hybridized carbons (Fsp3) is 0.150. The van der Waals surface area contributed by atoms with E-state index in [-0.39, 0.29) is 31.0 Å². The summed E-state index contributed by atoms with van der Waals surface area (Å²) in [5, 5.41) is 14.3. The number of nitrogens with one attached hydrogen (secondary N) is 3. The predicted molar refractivity (Wildman–Crippen MR) is 103 cm³/mol. The first-order valence-corrected chi connectivity index (χ1v) is 8.56.